The zero-order valence-electron chi connectivity index (χ0n) is 13.3. The predicted octanol–water partition coefficient (Wildman–Crippen LogP) is 4.11. The van der Waals surface area contributed by atoms with Crippen molar-refractivity contribution < 1.29 is 0 Å². The first-order valence-electron chi connectivity index (χ1n) is 7.50. The zero-order valence-corrected chi connectivity index (χ0v) is 13.3. The molecule has 0 aliphatic carbocycles. The maximum absolute atomic E-state index is 9.36. The summed E-state index contributed by atoms with van der Waals surface area (Å²) in [5, 5.41) is 26.8. The molecule has 0 saturated carbocycles. The Morgan fingerprint density at radius 2 is 1.54 bits per heavy atom. The van der Waals surface area contributed by atoms with Crippen LogP contribution in [0.4, 0.5) is 0 Å². The molecular weight excluding hydrogens is 296 g/mol. The lowest BCUT2D eigenvalue weighted by atomic mass is 9.82. The zero-order chi connectivity index (χ0) is 17.3. The molecule has 1 atom stereocenters. The average Bonchev–Trinajstić information content (AvgIpc) is 2.65. The normalized spacial score (nSPS) is 11.8. The molecule has 2 aromatic carbocycles. The van der Waals surface area contributed by atoms with Gasteiger partial charge in [0.15, 0.2) is 5.41 Å². The third kappa shape index (κ3) is 4.54. The minimum Gasteiger partial charge on any atom is -0.196 e. The Hall–Kier alpha value is -3.42. The van der Waals surface area contributed by atoms with Gasteiger partial charge in [-0.3, -0.25) is 0 Å². The van der Waals surface area contributed by atoms with Gasteiger partial charge in [-0.1, -0.05) is 48.5 Å². The molecule has 0 aromatic heterocycles. The molecule has 0 aliphatic rings. The Bertz CT molecular complexity index is 816. The molecule has 2 rings (SSSR count). The third-order valence-corrected chi connectivity index (χ3v) is 3.62. The molecule has 0 saturated heterocycles. The van der Waals surface area contributed by atoms with Crippen LogP contribution in [0.5, 0.6) is 0 Å². The van der Waals surface area contributed by atoms with Crippen molar-refractivity contribution in [2.75, 3.05) is 0 Å². The molecule has 0 fully saturated rings. The van der Waals surface area contributed by atoms with Crippen LogP contribution in [-0.4, -0.2) is 6.04 Å². The molecule has 116 valence electrons. The molecule has 0 spiro atoms. The van der Waals surface area contributed by atoms with Gasteiger partial charge in [0.05, 0.1) is 18.2 Å². The summed E-state index contributed by atoms with van der Waals surface area (Å²) in [6.45, 7) is 1.57. The summed E-state index contributed by atoms with van der Waals surface area (Å²) in [6.07, 6.45) is 0.453. The lowest BCUT2D eigenvalue weighted by molar-refractivity contribution is 0.431. The lowest BCUT2D eigenvalue weighted by Crippen LogP contribution is -2.29. The highest BCUT2D eigenvalue weighted by molar-refractivity contribution is 5.33. The molecule has 4 heteroatoms. The van der Waals surface area contributed by atoms with Gasteiger partial charge in [0.2, 0.25) is 0 Å². The minimum atomic E-state index is -1.26. The van der Waals surface area contributed by atoms with Crippen LogP contribution in [0.15, 0.2) is 70.9 Å². The van der Waals surface area contributed by atoms with E-state index >= 15 is 0 Å². The van der Waals surface area contributed by atoms with E-state index in [2.05, 4.69) is 22.2 Å². The van der Waals surface area contributed by atoms with E-state index in [9.17, 15) is 10.5 Å². The predicted molar refractivity (Wildman–Crippen MR) is 91.4 cm³/mol. The summed E-state index contributed by atoms with van der Waals surface area (Å²) in [4.78, 5) is 0. The van der Waals surface area contributed by atoms with Crippen LogP contribution in [-0.2, 0) is 6.42 Å². The van der Waals surface area contributed by atoms with E-state index in [1.807, 2.05) is 72.8 Å². The second kappa shape index (κ2) is 8.28. The third-order valence-electron chi connectivity index (χ3n) is 3.62. The summed E-state index contributed by atoms with van der Waals surface area (Å²) in [6, 6.07) is 25.2. The number of nitriles is 2. The van der Waals surface area contributed by atoms with E-state index in [0.717, 1.165) is 11.1 Å². The molecule has 0 radical (unpaired) electrons. The van der Waals surface area contributed by atoms with E-state index in [1.54, 1.807) is 6.92 Å². The fourth-order valence-electron chi connectivity index (χ4n) is 2.08. The number of azo groups is 1. The van der Waals surface area contributed by atoms with Crippen LogP contribution in [0.25, 0.3) is 0 Å². The van der Waals surface area contributed by atoms with E-state index in [0.29, 0.717) is 6.42 Å². The second-order valence-electron chi connectivity index (χ2n) is 5.45. The van der Waals surface area contributed by atoms with Crippen molar-refractivity contribution in [2.45, 2.75) is 19.4 Å². The lowest BCUT2D eigenvalue weighted by Gasteiger charge is -2.20. The molecule has 1 unspecified atom stereocenters. The average molecular weight is 312 g/mol. The van der Waals surface area contributed by atoms with E-state index in [-0.39, 0.29) is 0 Å². The molecule has 0 heterocycles. The fraction of sp³-hybridized carbons (Fsp3) is 0.200. The van der Waals surface area contributed by atoms with Crippen molar-refractivity contribution >= 4 is 0 Å². The van der Waals surface area contributed by atoms with Crippen molar-refractivity contribution in [3.63, 3.8) is 0 Å². The standard InChI is InChI=1S/C20H16N4/c1-20(15-21,16-22)19(14-18-10-6-3-7-11-18)24-23-13-12-17-8-4-2-5-9-17/h2-11,19H,14H2,1H3. The number of hydrogen-bond donors (Lipinski definition) is 0. The molecule has 24 heavy (non-hydrogen) atoms. The van der Waals surface area contributed by atoms with Crippen molar-refractivity contribution in [3.8, 4) is 24.1 Å². The maximum Gasteiger partial charge on any atom is 0.165 e. The first kappa shape index (κ1) is 16.9. The highest BCUT2D eigenvalue weighted by Crippen LogP contribution is 2.26. The summed E-state index contributed by atoms with van der Waals surface area (Å²) in [5.74, 6) is 2.88. The highest BCUT2D eigenvalue weighted by atomic mass is 15.1. The highest BCUT2D eigenvalue weighted by Gasteiger charge is 2.35. The monoisotopic (exact) mass is 312 g/mol. The minimum absolute atomic E-state index is 0.453. The molecular formula is C20H16N4. The van der Waals surface area contributed by atoms with E-state index in [4.69, 9.17) is 0 Å². The van der Waals surface area contributed by atoms with E-state index < -0.39 is 11.5 Å². The molecule has 0 N–H and O–H groups in total. The Balaban J connectivity index is 2.21. The number of hydrogen-bond acceptors (Lipinski definition) is 4. The van der Waals surface area contributed by atoms with Crippen LogP contribution in [0.3, 0.4) is 0 Å². The topological polar surface area (TPSA) is 72.3 Å². The van der Waals surface area contributed by atoms with Gasteiger partial charge in [0.25, 0.3) is 0 Å². The summed E-state index contributed by atoms with van der Waals surface area (Å²) in [5.41, 5.74) is 0.571. The number of rotatable bonds is 4. The largest absolute Gasteiger partial charge is 0.196 e. The summed E-state index contributed by atoms with van der Waals surface area (Å²) >= 11 is 0. The van der Waals surface area contributed by atoms with Gasteiger partial charge in [-0.05, 0) is 37.0 Å². The second-order valence-corrected chi connectivity index (χ2v) is 5.45. The molecule has 0 aliphatic heterocycles. The summed E-state index contributed by atoms with van der Waals surface area (Å²) < 4.78 is 0. The summed E-state index contributed by atoms with van der Waals surface area (Å²) in [7, 11) is 0. The molecule has 0 amide bonds. The van der Waals surface area contributed by atoms with Gasteiger partial charge < -0.3 is 0 Å². The van der Waals surface area contributed by atoms with Crippen LogP contribution in [0.2, 0.25) is 0 Å². The molecule has 0 bridgehead atoms. The number of nitrogens with zero attached hydrogens (tertiary/aromatic N) is 4. The Morgan fingerprint density at radius 1 is 0.958 bits per heavy atom. The maximum atomic E-state index is 9.36. The molecule has 4 nitrogen and oxygen atoms in total. The Morgan fingerprint density at radius 3 is 2.12 bits per heavy atom. The fourth-order valence-corrected chi connectivity index (χ4v) is 2.08. The van der Waals surface area contributed by atoms with Gasteiger partial charge in [0.1, 0.15) is 6.04 Å². The van der Waals surface area contributed by atoms with E-state index in [1.165, 1.54) is 0 Å². The van der Waals surface area contributed by atoms with Crippen molar-refractivity contribution in [1.82, 2.24) is 0 Å². The van der Waals surface area contributed by atoms with Gasteiger partial charge in [-0.25, -0.2) is 0 Å². The van der Waals surface area contributed by atoms with Crippen molar-refractivity contribution in [1.29, 1.82) is 10.5 Å². The SMILES string of the molecule is CC(C#N)(C#N)C(Cc1ccccc1)N=NC#Cc1ccccc1. The molecule has 2 aromatic rings. The van der Waals surface area contributed by atoms with Crippen molar-refractivity contribution in [3.05, 3.63) is 71.8 Å². The number of benzene rings is 2. The Kier molecular flexibility index (Phi) is 5.84. The van der Waals surface area contributed by atoms with Gasteiger partial charge in [-0.15, -0.1) is 5.11 Å². The van der Waals surface area contributed by atoms with Crippen LogP contribution >= 0.6 is 0 Å². The van der Waals surface area contributed by atoms with Gasteiger partial charge >= 0.3 is 0 Å². The van der Waals surface area contributed by atoms with Crippen LogP contribution in [0, 0.1) is 40.0 Å². The van der Waals surface area contributed by atoms with Gasteiger partial charge in [-0.2, -0.15) is 15.6 Å². The Labute approximate surface area is 142 Å². The smallest absolute Gasteiger partial charge is 0.165 e. The van der Waals surface area contributed by atoms with Crippen LogP contribution < -0.4 is 0 Å². The quantitative estimate of drug-likeness (QED) is 0.629. The van der Waals surface area contributed by atoms with Gasteiger partial charge in [0, 0.05) is 5.56 Å². The van der Waals surface area contributed by atoms with Crippen molar-refractivity contribution in [2.24, 2.45) is 15.6 Å². The first-order chi connectivity index (χ1) is 11.7. The van der Waals surface area contributed by atoms with Crippen LogP contribution in [0.1, 0.15) is 18.1 Å². The first-order valence-corrected chi connectivity index (χ1v) is 7.50.